The monoisotopic (exact) mass is 300 g/mol. The first kappa shape index (κ1) is 14.8. The Kier molecular flexibility index (Phi) is 3.97. The van der Waals surface area contributed by atoms with Crippen molar-refractivity contribution in [2.75, 3.05) is 13.1 Å². The van der Waals surface area contributed by atoms with Crippen LogP contribution in [0.1, 0.15) is 50.3 Å². The van der Waals surface area contributed by atoms with Gasteiger partial charge in [0.15, 0.2) is 0 Å². The molecule has 116 valence electrons. The average Bonchev–Trinajstić information content (AvgIpc) is 3.39. The topological polar surface area (TPSA) is 79.0 Å². The smallest absolute Gasteiger partial charge is 0.267 e. The summed E-state index contributed by atoms with van der Waals surface area (Å²) < 4.78 is 1.31. The minimum absolute atomic E-state index is 0.0402. The summed E-state index contributed by atoms with van der Waals surface area (Å²) >= 11 is 0. The van der Waals surface area contributed by atoms with E-state index >= 15 is 0 Å². The lowest BCUT2D eigenvalue weighted by molar-refractivity contribution is -0.135. The van der Waals surface area contributed by atoms with Crippen molar-refractivity contribution in [2.45, 2.75) is 44.6 Å². The van der Waals surface area contributed by atoms with Crippen LogP contribution in [0, 0.1) is 17.2 Å². The molecule has 6 heteroatoms. The Morgan fingerprint density at radius 1 is 1.32 bits per heavy atom. The summed E-state index contributed by atoms with van der Waals surface area (Å²) in [5.41, 5.74) is 0.666. The van der Waals surface area contributed by atoms with Gasteiger partial charge in [0.2, 0.25) is 5.91 Å². The molecule has 1 aliphatic heterocycles. The molecule has 22 heavy (non-hydrogen) atoms. The molecule has 2 aliphatic rings. The molecular weight excluding hydrogens is 280 g/mol. The van der Waals surface area contributed by atoms with Crippen molar-refractivity contribution < 1.29 is 4.79 Å². The molecule has 2 fully saturated rings. The first-order valence-corrected chi connectivity index (χ1v) is 7.88. The van der Waals surface area contributed by atoms with Crippen LogP contribution in [-0.4, -0.2) is 33.7 Å². The second-order valence-electron chi connectivity index (χ2n) is 6.22. The van der Waals surface area contributed by atoms with Crippen LogP contribution < -0.4 is 5.56 Å². The van der Waals surface area contributed by atoms with Crippen molar-refractivity contribution in [2.24, 2.45) is 5.92 Å². The highest BCUT2D eigenvalue weighted by Gasteiger charge is 2.30. The largest absolute Gasteiger partial charge is 0.341 e. The molecule has 0 aromatic carbocycles. The van der Waals surface area contributed by atoms with Crippen molar-refractivity contribution in [3.63, 3.8) is 0 Å². The van der Waals surface area contributed by atoms with Crippen LogP contribution in [0.2, 0.25) is 0 Å². The Bertz CT molecular complexity index is 663. The molecule has 3 rings (SSSR count). The number of carbonyl (C=O) groups is 1. The van der Waals surface area contributed by atoms with E-state index in [1.807, 2.05) is 0 Å². The number of aromatic nitrogens is 2. The predicted molar refractivity (Wildman–Crippen MR) is 80.1 cm³/mol. The van der Waals surface area contributed by atoms with Gasteiger partial charge in [0, 0.05) is 31.0 Å². The molecule has 1 saturated heterocycles. The molecule has 0 spiro atoms. The van der Waals surface area contributed by atoms with E-state index in [1.165, 1.54) is 10.7 Å². The van der Waals surface area contributed by atoms with Crippen molar-refractivity contribution in [1.29, 1.82) is 5.26 Å². The molecular formula is C16H20N4O2. The molecule has 1 atom stereocenters. The average molecular weight is 300 g/mol. The summed E-state index contributed by atoms with van der Waals surface area (Å²) in [4.78, 5) is 26.4. The van der Waals surface area contributed by atoms with Gasteiger partial charge < -0.3 is 4.90 Å². The van der Waals surface area contributed by atoms with Gasteiger partial charge >= 0.3 is 0 Å². The third-order valence-electron chi connectivity index (χ3n) is 4.55. The number of amides is 1. The zero-order valence-corrected chi connectivity index (χ0v) is 12.7. The Hall–Kier alpha value is -2.16. The summed E-state index contributed by atoms with van der Waals surface area (Å²) in [6.45, 7) is 2.89. The van der Waals surface area contributed by atoms with Crippen molar-refractivity contribution in [1.82, 2.24) is 14.7 Å². The molecule has 1 aliphatic carbocycles. The molecule has 1 aromatic rings. The number of hydrogen-bond acceptors (Lipinski definition) is 4. The normalized spacial score (nSPS) is 20.5. The molecule has 0 radical (unpaired) electrons. The van der Waals surface area contributed by atoms with Gasteiger partial charge in [0.1, 0.15) is 6.04 Å². The Balaban J connectivity index is 1.74. The second-order valence-corrected chi connectivity index (χ2v) is 6.22. The highest BCUT2D eigenvalue weighted by atomic mass is 16.2. The predicted octanol–water partition coefficient (Wildman–Crippen LogP) is 1.44. The zero-order chi connectivity index (χ0) is 15.7. The molecule has 0 N–H and O–H groups in total. The Morgan fingerprint density at radius 2 is 2.00 bits per heavy atom. The first-order chi connectivity index (χ1) is 10.6. The number of nitrogens with zero attached hydrogens (tertiary/aromatic N) is 4. The van der Waals surface area contributed by atoms with Crippen molar-refractivity contribution in [3.05, 3.63) is 28.2 Å². The molecule has 2 heterocycles. The number of nitriles is 1. The number of rotatable bonds is 3. The van der Waals surface area contributed by atoms with Crippen LogP contribution in [0.3, 0.4) is 0 Å². The van der Waals surface area contributed by atoms with Crippen LogP contribution in [0.25, 0.3) is 0 Å². The summed E-state index contributed by atoms with van der Waals surface area (Å²) in [5, 5.41) is 13.3. The highest BCUT2D eigenvalue weighted by molar-refractivity contribution is 5.80. The van der Waals surface area contributed by atoms with E-state index in [0.29, 0.717) is 31.8 Å². The van der Waals surface area contributed by atoms with E-state index in [2.05, 4.69) is 11.2 Å². The van der Waals surface area contributed by atoms with E-state index in [9.17, 15) is 9.59 Å². The van der Waals surface area contributed by atoms with Crippen LogP contribution in [0.5, 0.6) is 0 Å². The quantitative estimate of drug-likeness (QED) is 0.846. The fourth-order valence-electron chi connectivity index (χ4n) is 2.91. The lowest BCUT2D eigenvalue weighted by atomic mass is 9.98. The van der Waals surface area contributed by atoms with Crippen molar-refractivity contribution >= 4 is 5.91 Å². The molecule has 1 amide bonds. The van der Waals surface area contributed by atoms with Gasteiger partial charge in [0.05, 0.1) is 11.8 Å². The highest BCUT2D eigenvalue weighted by Crippen LogP contribution is 2.38. The SMILES string of the molecule is CC(C(=O)N1CCC(C#N)CC1)n1nc(C2CC2)ccc1=O. The number of piperidine rings is 1. The first-order valence-electron chi connectivity index (χ1n) is 7.88. The summed E-state index contributed by atoms with van der Waals surface area (Å²) in [5.74, 6) is 0.401. The van der Waals surface area contributed by atoms with Gasteiger partial charge in [-0.1, -0.05) is 0 Å². The third-order valence-corrected chi connectivity index (χ3v) is 4.55. The van der Waals surface area contributed by atoms with Gasteiger partial charge in [-0.25, -0.2) is 4.68 Å². The van der Waals surface area contributed by atoms with E-state index in [-0.39, 0.29) is 17.4 Å². The molecule has 1 saturated carbocycles. The van der Waals surface area contributed by atoms with E-state index in [0.717, 1.165) is 18.5 Å². The Morgan fingerprint density at radius 3 is 2.59 bits per heavy atom. The van der Waals surface area contributed by atoms with Gasteiger partial charge in [-0.15, -0.1) is 0 Å². The minimum atomic E-state index is -0.593. The molecule has 1 aromatic heterocycles. The molecule has 1 unspecified atom stereocenters. The third kappa shape index (κ3) is 2.89. The van der Waals surface area contributed by atoms with Crippen LogP contribution in [0.15, 0.2) is 16.9 Å². The fraction of sp³-hybridized carbons (Fsp3) is 0.625. The van der Waals surface area contributed by atoms with Gasteiger partial charge in [-0.05, 0) is 38.7 Å². The lowest BCUT2D eigenvalue weighted by Crippen LogP contribution is -2.44. The standard InChI is InChI=1S/C16H20N4O2/c1-11(16(22)19-8-6-12(10-17)7-9-19)20-15(21)5-4-14(18-20)13-2-3-13/h4-5,11-13H,2-3,6-9H2,1H3. The summed E-state index contributed by atoms with van der Waals surface area (Å²) in [6, 6.07) is 4.94. The van der Waals surface area contributed by atoms with E-state index in [1.54, 1.807) is 17.9 Å². The van der Waals surface area contributed by atoms with E-state index in [4.69, 9.17) is 5.26 Å². The molecule has 0 bridgehead atoms. The summed E-state index contributed by atoms with van der Waals surface area (Å²) in [6.07, 6.45) is 3.63. The van der Waals surface area contributed by atoms with Gasteiger partial charge in [-0.2, -0.15) is 10.4 Å². The second kappa shape index (κ2) is 5.91. The lowest BCUT2D eigenvalue weighted by Gasteiger charge is -2.31. The number of likely N-dealkylation sites (tertiary alicyclic amines) is 1. The molecule has 6 nitrogen and oxygen atoms in total. The maximum atomic E-state index is 12.6. The van der Waals surface area contributed by atoms with E-state index < -0.39 is 6.04 Å². The van der Waals surface area contributed by atoms with Gasteiger partial charge in [-0.3, -0.25) is 9.59 Å². The van der Waals surface area contributed by atoms with Crippen molar-refractivity contribution in [3.8, 4) is 6.07 Å². The van der Waals surface area contributed by atoms with Crippen LogP contribution >= 0.6 is 0 Å². The summed E-state index contributed by atoms with van der Waals surface area (Å²) in [7, 11) is 0. The van der Waals surface area contributed by atoms with Gasteiger partial charge in [0.25, 0.3) is 5.56 Å². The maximum absolute atomic E-state index is 12.6. The zero-order valence-electron chi connectivity index (χ0n) is 12.7. The number of hydrogen-bond donors (Lipinski definition) is 0. The van der Waals surface area contributed by atoms with Crippen LogP contribution in [0.4, 0.5) is 0 Å². The number of carbonyl (C=O) groups excluding carboxylic acids is 1. The maximum Gasteiger partial charge on any atom is 0.267 e. The Labute approximate surface area is 129 Å². The van der Waals surface area contributed by atoms with Crippen LogP contribution in [-0.2, 0) is 4.79 Å². The minimum Gasteiger partial charge on any atom is -0.341 e. The fourth-order valence-corrected chi connectivity index (χ4v) is 2.91.